The first-order valence-corrected chi connectivity index (χ1v) is 5.65. The van der Waals surface area contributed by atoms with Crippen LogP contribution in [0.5, 0.6) is 17.2 Å². The Balaban J connectivity index is 2.47. The molecule has 0 fully saturated rings. The van der Waals surface area contributed by atoms with E-state index in [-0.39, 0.29) is 11.5 Å². The van der Waals surface area contributed by atoms with Crippen molar-refractivity contribution in [3.8, 4) is 17.2 Å². The molecule has 0 amide bonds. The van der Waals surface area contributed by atoms with Crippen molar-refractivity contribution in [2.75, 3.05) is 6.61 Å². The summed E-state index contributed by atoms with van der Waals surface area (Å²) in [5, 5.41) is 9.71. The molecule has 0 atom stereocenters. The van der Waals surface area contributed by atoms with Gasteiger partial charge in [0, 0.05) is 6.07 Å². The molecule has 0 aliphatic carbocycles. The summed E-state index contributed by atoms with van der Waals surface area (Å²) in [6.07, 6.45) is 0.313. The van der Waals surface area contributed by atoms with E-state index in [0.29, 0.717) is 30.1 Å². The smallest absolute Gasteiger partial charge is 0.170 e. The van der Waals surface area contributed by atoms with Crippen LogP contribution in [0.4, 0.5) is 0 Å². The van der Waals surface area contributed by atoms with Crippen molar-refractivity contribution in [3.05, 3.63) is 17.7 Å². The predicted octanol–water partition coefficient (Wildman–Crippen LogP) is 2.53. The van der Waals surface area contributed by atoms with Crippen LogP contribution in [0.3, 0.4) is 0 Å². The first kappa shape index (κ1) is 11.8. The Morgan fingerprint density at radius 1 is 1.47 bits per heavy atom. The lowest BCUT2D eigenvalue weighted by atomic mass is 9.93. The summed E-state index contributed by atoms with van der Waals surface area (Å²) in [5.74, 6) is 0.779. The number of hydrogen-bond donors (Lipinski definition) is 1. The van der Waals surface area contributed by atoms with Gasteiger partial charge < -0.3 is 14.6 Å². The molecule has 0 bridgehead atoms. The maximum atomic E-state index is 11.9. The van der Waals surface area contributed by atoms with E-state index in [9.17, 15) is 9.90 Å². The number of phenolic OH excluding ortho intramolecular Hbond substituents is 1. The molecule has 0 aromatic heterocycles. The first-order chi connectivity index (χ1) is 7.93. The lowest BCUT2D eigenvalue weighted by Crippen LogP contribution is -2.35. The molecule has 4 heteroatoms. The van der Waals surface area contributed by atoms with Gasteiger partial charge in [-0.05, 0) is 26.8 Å². The maximum Gasteiger partial charge on any atom is 0.170 e. The van der Waals surface area contributed by atoms with Gasteiger partial charge in [0.1, 0.15) is 11.4 Å². The molecule has 2 rings (SSSR count). The lowest BCUT2D eigenvalue weighted by molar-refractivity contribution is 0.0617. The molecular formula is C13H16O4. The SMILES string of the molecule is CCOc1cc2c(cc1O)C(=O)CC(C)(C)O2. The average molecular weight is 236 g/mol. The molecule has 0 spiro atoms. The van der Waals surface area contributed by atoms with Gasteiger partial charge in [-0.25, -0.2) is 0 Å². The number of fused-ring (bicyclic) bond motifs is 1. The second-order valence-corrected chi connectivity index (χ2v) is 4.71. The van der Waals surface area contributed by atoms with Crippen LogP contribution in [-0.2, 0) is 0 Å². The van der Waals surface area contributed by atoms with Gasteiger partial charge in [-0.3, -0.25) is 4.79 Å². The molecule has 1 aromatic carbocycles. The van der Waals surface area contributed by atoms with Crippen molar-refractivity contribution in [1.82, 2.24) is 0 Å². The molecule has 17 heavy (non-hydrogen) atoms. The molecule has 1 aromatic rings. The van der Waals surface area contributed by atoms with E-state index < -0.39 is 5.60 Å². The Kier molecular flexibility index (Phi) is 2.73. The molecule has 1 aliphatic rings. The standard InChI is InChI=1S/C13H16O4/c1-4-16-12-6-11-8(5-9(12)14)10(15)7-13(2,3)17-11/h5-6,14H,4,7H2,1-3H3. The van der Waals surface area contributed by atoms with E-state index in [0.717, 1.165) is 0 Å². The highest BCUT2D eigenvalue weighted by atomic mass is 16.5. The third-order valence-electron chi connectivity index (χ3n) is 2.63. The zero-order valence-electron chi connectivity index (χ0n) is 10.2. The summed E-state index contributed by atoms with van der Waals surface area (Å²) >= 11 is 0. The predicted molar refractivity (Wildman–Crippen MR) is 62.9 cm³/mol. The number of carbonyl (C=O) groups excluding carboxylic acids is 1. The molecule has 92 valence electrons. The molecule has 1 N–H and O–H groups in total. The summed E-state index contributed by atoms with van der Waals surface area (Å²) < 4.78 is 11.0. The fourth-order valence-electron chi connectivity index (χ4n) is 1.94. The third-order valence-corrected chi connectivity index (χ3v) is 2.63. The summed E-state index contributed by atoms with van der Waals surface area (Å²) in [5.41, 5.74) is -0.0878. The van der Waals surface area contributed by atoms with Gasteiger partial charge in [-0.2, -0.15) is 0 Å². The molecular weight excluding hydrogens is 220 g/mol. The highest BCUT2D eigenvalue weighted by molar-refractivity contribution is 6.01. The van der Waals surface area contributed by atoms with Gasteiger partial charge in [0.15, 0.2) is 17.3 Å². The second-order valence-electron chi connectivity index (χ2n) is 4.71. The van der Waals surface area contributed by atoms with Crippen molar-refractivity contribution in [2.24, 2.45) is 0 Å². The first-order valence-electron chi connectivity index (χ1n) is 5.65. The lowest BCUT2D eigenvalue weighted by Gasteiger charge is -2.31. The summed E-state index contributed by atoms with van der Waals surface area (Å²) in [6.45, 7) is 6.00. The van der Waals surface area contributed by atoms with Crippen LogP contribution >= 0.6 is 0 Å². The number of benzene rings is 1. The Hall–Kier alpha value is -1.71. The van der Waals surface area contributed by atoms with Crippen molar-refractivity contribution in [2.45, 2.75) is 32.8 Å². The number of carbonyl (C=O) groups is 1. The zero-order valence-corrected chi connectivity index (χ0v) is 10.2. The van der Waals surface area contributed by atoms with Crippen LogP contribution in [0, 0.1) is 0 Å². The minimum absolute atomic E-state index is 0.0189. The number of ketones is 1. The van der Waals surface area contributed by atoms with Gasteiger partial charge >= 0.3 is 0 Å². The fourth-order valence-corrected chi connectivity index (χ4v) is 1.94. The number of aromatic hydroxyl groups is 1. The quantitative estimate of drug-likeness (QED) is 0.857. The second kappa shape index (κ2) is 3.95. The highest BCUT2D eigenvalue weighted by Gasteiger charge is 2.33. The average Bonchev–Trinajstić information content (AvgIpc) is 2.20. The van der Waals surface area contributed by atoms with Gasteiger partial charge in [-0.15, -0.1) is 0 Å². The summed E-state index contributed by atoms with van der Waals surface area (Å²) in [4.78, 5) is 11.9. The molecule has 0 unspecified atom stereocenters. The minimum Gasteiger partial charge on any atom is -0.504 e. The van der Waals surface area contributed by atoms with E-state index in [1.165, 1.54) is 6.07 Å². The molecule has 1 aliphatic heterocycles. The fraction of sp³-hybridized carbons (Fsp3) is 0.462. The molecule has 4 nitrogen and oxygen atoms in total. The molecule has 0 saturated heterocycles. The number of phenols is 1. The van der Waals surface area contributed by atoms with Crippen LogP contribution in [0.1, 0.15) is 37.6 Å². The van der Waals surface area contributed by atoms with Gasteiger partial charge in [0.25, 0.3) is 0 Å². The number of rotatable bonds is 2. The minimum atomic E-state index is -0.509. The third kappa shape index (κ3) is 2.20. The van der Waals surface area contributed by atoms with Crippen LogP contribution in [0.2, 0.25) is 0 Å². The van der Waals surface area contributed by atoms with E-state index in [4.69, 9.17) is 9.47 Å². The molecule has 1 heterocycles. The normalized spacial score (nSPS) is 17.2. The van der Waals surface area contributed by atoms with E-state index >= 15 is 0 Å². The number of ether oxygens (including phenoxy) is 2. The number of Topliss-reactive ketones (excluding diaryl/α,β-unsaturated/α-hetero) is 1. The summed E-state index contributed by atoms with van der Waals surface area (Å²) in [7, 11) is 0. The van der Waals surface area contributed by atoms with Crippen molar-refractivity contribution in [3.63, 3.8) is 0 Å². The van der Waals surface area contributed by atoms with Gasteiger partial charge in [0.05, 0.1) is 18.6 Å². The molecule has 0 radical (unpaired) electrons. The zero-order chi connectivity index (χ0) is 12.6. The Bertz CT molecular complexity index is 463. The number of hydrogen-bond acceptors (Lipinski definition) is 4. The van der Waals surface area contributed by atoms with Crippen LogP contribution in [0.25, 0.3) is 0 Å². The largest absolute Gasteiger partial charge is 0.504 e. The van der Waals surface area contributed by atoms with E-state index in [1.807, 2.05) is 20.8 Å². The highest BCUT2D eigenvalue weighted by Crippen LogP contribution is 2.40. The van der Waals surface area contributed by atoms with Crippen LogP contribution in [-0.4, -0.2) is 23.1 Å². The van der Waals surface area contributed by atoms with Gasteiger partial charge in [-0.1, -0.05) is 0 Å². The van der Waals surface area contributed by atoms with Crippen LogP contribution in [0.15, 0.2) is 12.1 Å². The van der Waals surface area contributed by atoms with E-state index in [2.05, 4.69) is 0 Å². The van der Waals surface area contributed by atoms with Gasteiger partial charge in [0.2, 0.25) is 0 Å². The van der Waals surface area contributed by atoms with Crippen LogP contribution < -0.4 is 9.47 Å². The Morgan fingerprint density at radius 3 is 2.82 bits per heavy atom. The molecule has 0 saturated carbocycles. The summed E-state index contributed by atoms with van der Waals surface area (Å²) in [6, 6.07) is 2.99. The van der Waals surface area contributed by atoms with Crippen molar-refractivity contribution >= 4 is 5.78 Å². The Labute approximate surface area is 100 Å². The van der Waals surface area contributed by atoms with E-state index in [1.54, 1.807) is 6.07 Å². The topological polar surface area (TPSA) is 55.8 Å². The van der Waals surface area contributed by atoms with Crippen molar-refractivity contribution < 1.29 is 19.4 Å². The Morgan fingerprint density at radius 2 is 2.18 bits per heavy atom. The maximum absolute atomic E-state index is 11.9. The van der Waals surface area contributed by atoms with Crippen molar-refractivity contribution in [1.29, 1.82) is 0 Å². The monoisotopic (exact) mass is 236 g/mol.